The number of amides is 1. The maximum absolute atomic E-state index is 11.9. The molecule has 0 unspecified atom stereocenters. The number of carboxylic acids is 1. The third-order valence-corrected chi connectivity index (χ3v) is 2.71. The van der Waals surface area contributed by atoms with Gasteiger partial charge in [0, 0.05) is 19.3 Å². The molecular weight excluding hydrogens is 208 g/mol. The maximum Gasteiger partial charge on any atom is 0.308 e. The second kappa shape index (κ2) is 4.30. The van der Waals surface area contributed by atoms with Crippen molar-refractivity contribution >= 4 is 11.9 Å². The minimum atomic E-state index is -0.837. The van der Waals surface area contributed by atoms with Crippen molar-refractivity contribution in [2.45, 2.75) is 6.42 Å². The van der Waals surface area contributed by atoms with Gasteiger partial charge in [0.25, 0.3) is 5.91 Å². The zero-order chi connectivity index (χ0) is 11.5. The van der Waals surface area contributed by atoms with E-state index in [0.29, 0.717) is 18.7 Å². The smallest absolute Gasteiger partial charge is 0.308 e. The van der Waals surface area contributed by atoms with Crippen molar-refractivity contribution in [3.8, 4) is 0 Å². The first-order valence-corrected chi connectivity index (χ1v) is 5.11. The highest BCUT2D eigenvalue weighted by Crippen LogP contribution is 2.18. The Morgan fingerprint density at radius 1 is 1.44 bits per heavy atom. The number of rotatable bonds is 2. The van der Waals surface area contributed by atoms with E-state index in [4.69, 9.17) is 5.11 Å². The van der Waals surface area contributed by atoms with Crippen LogP contribution in [0.1, 0.15) is 16.9 Å². The number of likely N-dealkylation sites (tertiary alicyclic amines) is 1. The van der Waals surface area contributed by atoms with Crippen molar-refractivity contribution in [2.24, 2.45) is 5.92 Å². The van der Waals surface area contributed by atoms with Crippen LogP contribution in [-0.2, 0) is 4.79 Å². The van der Waals surface area contributed by atoms with Gasteiger partial charge >= 0.3 is 5.97 Å². The molecule has 1 amide bonds. The molecule has 2 rings (SSSR count). The lowest BCUT2D eigenvalue weighted by molar-refractivity contribution is -0.141. The van der Waals surface area contributed by atoms with E-state index in [1.807, 2.05) is 0 Å². The zero-order valence-electron chi connectivity index (χ0n) is 8.67. The Morgan fingerprint density at radius 3 is 2.81 bits per heavy atom. The molecule has 5 heteroatoms. The number of hydrogen-bond acceptors (Lipinski definition) is 3. The van der Waals surface area contributed by atoms with Gasteiger partial charge in [-0.05, 0) is 18.6 Å². The van der Waals surface area contributed by atoms with Crippen molar-refractivity contribution in [3.63, 3.8) is 0 Å². The molecule has 1 aromatic rings. The first-order chi connectivity index (χ1) is 7.68. The van der Waals surface area contributed by atoms with Crippen LogP contribution in [0.25, 0.3) is 0 Å². The van der Waals surface area contributed by atoms with E-state index in [-0.39, 0.29) is 12.5 Å². The molecule has 5 nitrogen and oxygen atoms in total. The number of carbonyl (C=O) groups is 2. The van der Waals surface area contributed by atoms with E-state index in [1.165, 1.54) is 0 Å². The minimum Gasteiger partial charge on any atom is -0.481 e. The van der Waals surface area contributed by atoms with E-state index < -0.39 is 11.9 Å². The second-order valence-corrected chi connectivity index (χ2v) is 3.79. The number of carbonyl (C=O) groups excluding carboxylic acids is 1. The van der Waals surface area contributed by atoms with Gasteiger partial charge in [0.2, 0.25) is 0 Å². The van der Waals surface area contributed by atoms with Crippen LogP contribution in [-0.4, -0.2) is 40.0 Å². The lowest BCUT2D eigenvalue weighted by Crippen LogP contribution is -2.30. The Kier molecular flexibility index (Phi) is 2.85. The number of nitrogens with zero attached hydrogens (tertiary/aromatic N) is 2. The summed E-state index contributed by atoms with van der Waals surface area (Å²) >= 11 is 0. The molecule has 0 spiro atoms. The Hall–Kier alpha value is -1.91. The van der Waals surface area contributed by atoms with E-state index in [9.17, 15) is 9.59 Å². The number of aromatic nitrogens is 1. The average molecular weight is 220 g/mol. The summed E-state index contributed by atoms with van der Waals surface area (Å²) in [7, 11) is 0. The van der Waals surface area contributed by atoms with Crippen LogP contribution >= 0.6 is 0 Å². The minimum absolute atomic E-state index is 0.190. The van der Waals surface area contributed by atoms with Crippen LogP contribution in [0.3, 0.4) is 0 Å². The third kappa shape index (κ3) is 2.03. The fourth-order valence-electron chi connectivity index (χ4n) is 1.80. The normalized spacial score (nSPS) is 19.8. The summed E-state index contributed by atoms with van der Waals surface area (Å²) in [4.78, 5) is 28.1. The fraction of sp³-hybridized carbons (Fsp3) is 0.364. The molecule has 2 heterocycles. The standard InChI is InChI=1S/C11H12N2O3/c14-10(9-3-1-2-5-12-9)13-6-4-8(7-13)11(15)16/h1-3,5,8H,4,6-7H2,(H,15,16)/t8-/m0/s1. The number of pyridine rings is 1. The van der Waals surface area contributed by atoms with Crippen LogP contribution in [0.2, 0.25) is 0 Å². The predicted molar refractivity (Wildman–Crippen MR) is 55.9 cm³/mol. The van der Waals surface area contributed by atoms with Gasteiger partial charge in [-0.25, -0.2) is 0 Å². The zero-order valence-corrected chi connectivity index (χ0v) is 8.67. The van der Waals surface area contributed by atoms with Gasteiger partial charge in [0.05, 0.1) is 5.92 Å². The summed E-state index contributed by atoms with van der Waals surface area (Å²) in [6.45, 7) is 0.775. The molecule has 1 atom stereocenters. The molecule has 16 heavy (non-hydrogen) atoms. The molecule has 0 bridgehead atoms. The molecule has 1 N–H and O–H groups in total. The summed E-state index contributed by atoms with van der Waals surface area (Å²) in [5, 5.41) is 8.83. The monoisotopic (exact) mass is 220 g/mol. The number of carboxylic acid groups (broad SMARTS) is 1. The van der Waals surface area contributed by atoms with Crippen LogP contribution in [0, 0.1) is 5.92 Å². The molecule has 1 aliphatic heterocycles. The molecule has 0 saturated carbocycles. The third-order valence-electron chi connectivity index (χ3n) is 2.71. The molecule has 0 aromatic carbocycles. The number of hydrogen-bond donors (Lipinski definition) is 1. The van der Waals surface area contributed by atoms with Gasteiger partial charge in [-0.1, -0.05) is 6.07 Å². The first kappa shape index (κ1) is 10.6. The van der Waals surface area contributed by atoms with Gasteiger partial charge in [0.15, 0.2) is 0 Å². The SMILES string of the molecule is O=C(O)[C@H]1CCN(C(=O)c2ccccn2)C1. The van der Waals surface area contributed by atoms with E-state index >= 15 is 0 Å². The Labute approximate surface area is 92.7 Å². The second-order valence-electron chi connectivity index (χ2n) is 3.79. The summed E-state index contributed by atoms with van der Waals surface area (Å²) in [6.07, 6.45) is 2.08. The Bertz CT molecular complexity index is 405. The van der Waals surface area contributed by atoms with Gasteiger partial charge < -0.3 is 10.0 Å². The van der Waals surface area contributed by atoms with Crippen LogP contribution in [0.5, 0.6) is 0 Å². The predicted octanol–water partition coefficient (Wildman–Crippen LogP) is 0.628. The molecule has 1 aromatic heterocycles. The summed E-state index contributed by atoms with van der Waals surface area (Å²) in [5.74, 6) is -1.46. The Morgan fingerprint density at radius 2 is 2.25 bits per heavy atom. The molecule has 84 valence electrons. The molecule has 0 aliphatic carbocycles. The van der Waals surface area contributed by atoms with Gasteiger partial charge in [-0.2, -0.15) is 0 Å². The van der Waals surface area contributed by atoms with Gasteiger partial charge in [-0.15, -0.1) is 0 Å². The Balaban J connectivity index is 2.05. The van der Waals surface area contributed by atoms with Crippen LogP contribution < -0.4 is 0 Å². The van der Waals surface area contributed by atoms with Gasteiger partial charge in [-0.3, -0.25) is 14.6 Å². The topological polar surface area (TPSA) is 70.5 Å². The van der Waals surface area contributed by atoms with Crippen molar-refractivity contribution in [1.82, 2.24) is 9.88 Å². The highest BCUT2D eigenvalue weighted by molar-refractivity contribution is 5.92. The maximum atomic E-state index is 11.9. The molecule has 1 aliphatic rings. The van der Waals surface area contributed by atoms with E-state index in [2.05, 4.69) is 4.98 Å². The summed E-state index contributed by atoms with van der Waals surface area (Å²) in [6, 6.07) is 5.11. The number of aliphatic carboxylic acids is 1. The van der Waals surface area contributed by atoms with Crippen molar-refractivity contribution in [3.05, 3.63) is 30.1 Å². The quantitative estimate of drug-likeness (QED) is 0.793. The van der Waals surface area contributed by atoms with E-state index in [1.54, 1.807) is 29.3 Å². The lowest BCUT2D eigenvalue weighted by atomic mass is 10.1. The molecular formula is C11H12N2O3. The van der Waals surface area contributed by atoms with E-state index in [0.717, 1.165) is 0 Å². The molecule has 0 radical (unpaired) electrons. The highest BCUT2D eigenvalue weighted by atomic mass is 16.4. The van der Waals surface area contributed by atoms with Crippen molar-refractivity contribution in [2.75, 3.05) is 13.1 Å². The lowest BCUT2D eigenvalue weighted by Gasteiger charge is -2.14. The fourth-order valence-corrected chi connectivity index (χ4v) is 1.80. The average Bonchev–Trinajstić information content (AvgIpc) is 2.78. The largest absolute Gasteiger partial charge is 0.481 e. The highest BCUT2D eigenvalue weighted by Gasteiger charge is 2.31. The van der Waals surface area contributed by atoms with Crippen LogP contribution in [0.4, 0.5) is 0 Å². The van der Waals surface area contributed by atoms with Crippen LogP contribution in [0.15, 0.2) is 24.4 Å². The summed E-state index contributed by atoms with van der Waals surface area (Å²) in [5.41, 5.74) is 0.369. The van der Waals surface area contributed by atoms with Crippen molar-refractivity contribution in [1.29, 1.82) is 0 Å². The molecule has 1 fully saturated rings. The molecule has 1 saturated heterocycles. The van der Waals surface area contributed by atoms with Gasteiger partial charge in [0.1, 0.15) is 5.69 Å². The first-order valence-electron chi connectivity index (χ1n) is 5.11. The summed E-state index contributed by atoms with van der Waals surface area (Å²) < 4.78 is 0. The van der Waals surface area contributed by atoms with Crippen molar-refractivity contribution < 1.29 is 14.7 Å².